The Kier molecular flexibility index (Phi) is 4.74. The number of aromatic nitrogens is 2. The maximum atomic E-state index is 6.37. The van der Waals surface area contributed by atoms with Gasteiger partial charge >= 0.3 is 0 Å². The highest BCUT2D eigenvalue weighted by Crippen LogP contribution is 2.42. The molecule has 6 aromatic carbocycles. The van der Waals surface area contributed by atoms with Crippen LogP contribution in [0.1, 0.15) is 0 Å². The fraction of sp³-hybridized carbons (Fsp3) is 0. The lowest BCUT2D eigenvalue weighted by Gasteiger charge is -2.09. The van der Waals surface area contributed by atoms with Gasteiger partial charge < -0.3 is 4.57 Å². The average molecular weight is 567 g/mol. The summed E-state index contributed by atoms with van der Waals surface area (Å²) >= 11 is 9.91. The second kappa shape index (κ2) is 8.39. The molecule has 0 saturated heterocycles. The van der Waals surface area contributed by atoms with E-state index in [0.29, 0.717) is 0 Å². The van der Waals surface area contributed by atoms with Gasteiger partial charge in [-0.25, -0.2) is 4.98 Å². The lowest BCUT2D eigenvalue weighted by Crippen LogP contribution is -1.93. The van der Waals surface area contributed by atoms with Crippen molar-refractivity contribution in [2.24, 2.45) is 0 Å². The Bertz CT molecular complexity index is 2440. The zero-order valence-electron chi connectivity index (χ0n) is 21.1. The van der Waals surface area contributed by atoms with E-state index in [1.165, 1.54) is 57.5 Å². The van der Waals surface area contributed by atoms with Gasteiger partial charge in [-0.3, -0.25) is 0 Å². The topological polar surface area (TPSA) is 17.8 Å². The van der Waals surface area contributed by atoms with Crippen molar-refractivity contribution in [3.05, 3.63) is 120 Å². The van der Waals surface area contributed by atoms with Gasteiger partial charge in [-0.2, -0.15) is 0 Å². The van der Waals surface area contributed by atoms with Crippen LogP contribution in [-0.2, 0) is 0 Å². The summed E-state index contributed by atoms with van der Waals surface area (Å²) in [6.07, 6.45) is 0. The summed E-state index contributed by atoms with van der Waals surface area (Å²) in [5.41, 5.74) is 5.77. The first-order valence-corrected chi connectivity index (χ1v) is 15.2. The van der Waals surface area contributed by atoms with Crippen molar-refractivity contribution in [2.45, 2.75) is 0 Å². The molecule has 9 aromatic rings. The summed E-state index contributed by atoms with van der Waals surface area (Å²) in [5.74, 6) is 0. The standard InChI is InChI=1S/C35H19ClN2S2/c36-23-11-14-30-27(19-23)33-31(39-30)15-16-32-34(33)37-35(40-32)20-9-12-24(13-10-20)38-28-8-4-3-7-25(28)26-17-21-5-1-2-6-22(21)18-29(26)38/h1-19H. The number of thiophene rings is 1. The summed E-state index contributed by atoms with van der Waals surface area (Å²) in [5, 5.41) is 9.23. The fourth-order valence-corrected chi connectivity index (χ4v) is 8.28. The first kappa shape index (κ1) is 22.6. The van der Waals surface area contributed by atoms with Crippen molar-refractivity contribution in [1.29, 1.82) is 0 Å². The van der Waals surface area contributed by atoms with Crippen LogP contribution in [0, 0.1) is 0 Å². The summed E-state index contributed by atoms with van der Waals surface area (Å²) in [4.78, 5) is 5.16. The minimum Gasteiger partial charge on any atom is -0.309 e. The van der Waals surface area contributed by atoms with Crippen LogP contribution >= 0.6 is 34.3 Å². The van der Waals surface area contributed by atoms with Crippen LogP contribution in [0.5, 0.6) is 0 Å². The molecule has 3 aromatic heterocycles. The first-order chi connectivity index (χ1) is 19.7. The van der Waals surface area contributed by atoms with Crippen LogP contribution in [0.2, 0.25) is 5.02 Å². The second-order valence-corrected chi connectivity index (χ2v) is 12.7. The van der Waals surface area contributed by atoms with Crippen LogP contribution in [-0.4, -0.2) is 9.55 Å². The number of rotatable bonds is 2. The Hall–Kier alpha value is -4.22. The van der Waals surface area contributed by atoms with E-state index >= 15 is 0 Å². The summed E-state index contributed by atoms with van der Waals surface area (Å²) in [7, 11) is 0. The number of nitrogens with zero attached hydrogens (tertiary/aromatic N) is 2. The Labute approximate surface area is 242 Å². The van der Waals surface area contributed by atoms with Gasteiger partial charge in [0.15, 0.2) is 0 Å². The molecule has 40 heavy (non-hydrogen) atoms. The SMILES string of the molecule is Clc1ccc2sc3ccc4sc(-c5ccc(-n6c7ccccc7c7cc8ccccc8cc76)cc5)nc4c3c2c1. The van der Waals surface area contributed by atoms with E-state index in [2.05, 4.69) is 114 Å². The molecule has 0 N–H and O–H groups in total. The van der Waals surface area contributed by atoms with Crippen molar-refractivity contribution in [1.82, 2.24) is 9.55 Å². The normalized spacial score (nSPS) is 12.1. The van der Waals surface area contributed by atoms with Crippen LogP contribution in [0.3, 0.4) is 0 Å². The van der Waals surface area contributed by atoms with E-state index in [0.717, 1.165) is 26.8 Å². The number of thiazole rings is 1. The first-order valence-electron chi connectivity index (χ1n) is 13.2. The van der Waals surface area contributed by atoms with Crippen LogP contribution < -0.4 is 0 Å². The number of benzene rings is 6. The molecule has 0 amide bonds. The lowest BCUT2D eigenvalue weighted by molar-refractivity contribution is 1.18. The van der Waals surface area contributed by atoms with E-state index < -0.39 is 0 Å². The van der Waals surface area contributed by atoms with Crippen LogP contribution in [0.25, 0.3) is 79.2 Å². The van der Waals surface area contributed by atoms with Gasteiger partial charge in [-0.05, 0) is 83.6 Å². The third-order valence-electron chi connectivity index (χ3n) is 7.87. The maximum absolute atomic E-state index is 6.37. The third kappa shape index (κ3) is 3.24. The molecule has 0 aliphatic rings. The highest BCUT2D eigenvalue weighted by atomic mass is 35.5. The summed E-state index contributed by atoms with van der Waals surface area (Å²) < 4.78 is 6.06. The fourth-order valence-electron chi connectivity index (χ4n) is 6.04. The minimum absolute atomic E-state index is 0.758. The van der Waals surface area contributed by atoms with E-state index in [-0.39, 0.29) is 0 Å². The molecule has 3 heterocycles. The zero-order valence-corrected chi connectivity index (χ0v) is 23.4. The molecule has 0 spiro atoms. The smallest absolute Gasteiger partial charge is 0.124 e. The molecule has 5 heteroatoms. The molecule has 9 rings (SSSR count). The van der Waals surface area contributed by atoms with Gasteiger partial charge in [0.05, 0.1) is 21.3 Å². The third-order valence-corrected chi connectivity index (χ3v) is 10.3. The van der Waals surface area contributed by atoms with E-state index in [1.807, 2.05) is 6.07 Å². The number of hydrogen-bond donors (Lipinski definition) is 0. The summed E-state index contributed by atoms with van der Waals surface area (Å²) in [6, 6.07) is 41.3. The average Bonchev–Trinajstić information content (AvgIpc) is 3.67. The van der Waals surface area contributed by atoms with E-state index in [9.17, 15) is 0 Å². The van der Waals surface area contributed by atoms with E-state index in [1.54, 1.807) is 22.7 Å². The molecule has 0 atom stereocenters. The lowest BCUT2D eigenvalue weighted by atomic mass is 10.1. The van der Waals surface area contributed by atoms with Gasteiger partial charge in [-0.15, -0.1) is 22.7 Å². The molecule has 0 unspecified atom stereocenters. The Balaban J connectivity index is 1.21. The molecular weight excluding hydrogens is 548 g/mol. The zero-order chi connectivity index (χ0) is 26.4. The highest BCUT2D eigenvalue weighted by molar-refractivity contribution is 7.26. The predicted molar refractivity (Wildman–Crippen MR) is 175 cm³/mol. The largest absolute Gasteiger partial charge is 0.309 e. The Morgan fingerprint density at radius 3 is 2.20 bits per heavy atom. The second-order valence-electron chi connectivity index (χ2n) is 10.2. The molecule has 188 valence electrons. The van der Waals surface area contributed by atoms with Crippen LogP contribution in [0.4, 0.5) is 0 Å². The van der Waals surface area contributed by atoms with Gasteiger partial charge in [0.1, 0.15) is 5.01 Å². The molecule has 0 aliphatic carbocycles. The molecule has 0 radical (unpaired) electrons. The van der Waals surface area contributed by atoms with Crippen molar-refractivity contribution < 1.29 is 0 Å². The van der Waals surface area contributed by atoms with Gasteiger partial charge in [0.25, 0.3) is 0 Å². The van der Waals surface area contributed by atoms with Gasteiger partial charge in [0, 0.05) is 47.2 Å². The van der Waals surface area contributed by atoms with Crippen molar-refractivity contribution in [3.8, 4) is 16.3 Å². The highest BCUT2D eigenvalue weighted by Gasteiger charge is 2.16. The van der Waals surface area contributed by atoms with Crippen molar-refractivity contribution in [3.63, 3.8) is 0 Å². The Morgan fingerprint density at radius 2 is 1.32 bits per heavy atom. The quantitative estimate of drug-likeness (QED) is 0.203. The molecule has 0 aliphatic heterocycles. The molecule has 2 nitrogen and oxygen atoms in total. The molecule has 0 fully saturated rings. The summed E-state index contributed by atoms with van der Waals surface area (Å²) in [6.45, 7) is 0. The molecular formula is C35H19ClN2S2. The maximum Gasteiger partial charge on any atom is 0.124 e. The molecule has 0 saturated carbocycles. The minimum atomic E-state index is 0.758. The predicted octanol–water partition coefficient (Wildman–Crippen LogP) is 11.2. The van der Waals surface area contributed by atoms with E-state index in [4.69, 9.17) is 16.6 Å². The number of hydrogen-bond acceptors (Lipinski definition) is 3. The Morgan fingerprint density at radius 1 is 0.575 bits per heavy atom. The number of halogens is 1. The number of para-hydroxylation sites is 1. The van der Waals surface area contributed by atoms with Crippen LogP contribution in [0.15, 0.2) is 115 Å². The van der Waals surface area contributed by atoms with Gasteiger partial charge in [0.2, 0.25) is 0 Å². The van der Waals surface area contributed by atoms with Crippen molar-refractivity contribution in [2.75, 3.05) is 0 Å². The molecule has 0 bridgehead atoms. The number of fused-ring (bicyclic) bond motifs is 9. The van der Waals surface area contributed by atoms with Crippen molar-refractivity contribution >= 4 is 97.2 Å². The monoisotopic (exact) mass is 566 g/mol. The van der Waals surface area contributed by atoms with Gasteiger partial charge in [-0.1, -0.05) is 54.1 Å².